The minimum atomic E-state index is -3.64. The average Bonchev–Trinajstić information content (AvgIpc) is 2.94. The summed E-state index contributed by atoms with van der Waals surface area (Å²) in [7, 11) is -3.64. The van der Waals surface area contributed by atoms with Gasteiger partial charge in [0.1, 0.15) is 0 Å². The molecule has 3 rings (SSSR count). The van der Waals surface area contributed by atoms with Crippen molar-refractivity contribution in [2.75, 3.05) is 13.1 Å². The Hall–Kier alpha value is -1.31. The Morgan fingerprint density at radius 2 is 1.82 bits per heavy atom. The summed E-state index contributed by atoms with van der Waals surface area (Å²) in [4.78, 5) is 10.7. The lowest BCUT2D eigenvalue weighted by Crippen LogP contribution is -2.55. The Morgan fingerprint density at radius 1 is 1.18 bits per heavy atom. The van der Waals surface area contributed by atoms with E-state index in [1.165, 1.54) is 28.6 Å². The number of β-amino-alcohol motifs (C(OH)–C–C–N with tert-alkyl or cyclic N) is 1. The van der Waals surface area contributed by atoms with Gasteiger partial charge in [0.15, 0.2) is 0 Å². The fourth-order valence-corrected chi connectivity index (χ4v) is 5.41. The van der Waals surface area contributed by atoms with Gasteiger partial charge in [0.2, 0.25) is 10.0 Å². The zero-order valence-corrected chi connectivity index (χ0v) is 13.2. The molecule has 1 aromatic carbocycles. The fourth-order valence-electron chi connectivity index (χ4n) is 3.82. The topological polar surface area (TPSA) is 88.7 Å². The predicted molar refractivity (Wildman–Crippen MR) is 80.7 cm³/mol. The molecule has 2 N–H and O–H groups in total. The van der Waals surface area contributed by atoms with Gasteiger partial charge < -0.3 is 5.11 Å². The first kappa shape index (κ1) is 15.6. The van der Waals surface area contributed by atoms with Crippen molar-refractivity contribution in [3.8, 4) is 0 Å². The van der Waals surface area contributed by atoms with E-state index in [0.29, 0.717) is 18.7 Å². The number of hydrogen-bond donors (Lipinski definition) is 2. The molecule has 2 aliphatic rings. The number of nitrogens with one attached hydrogen (secondary N) is 1. The molecule has 0 amide bonds. The molecule has 22 heavy (non-hydrogen) atoms. The van der Waals surface area contributed by atoms with Crippen LogP contribution in [0.25, 0.3) is 0 Å². The molecule has 120 valence electrons. The lowest BCUT2D eigenvalue weighted by molar-refractivity contribution is -0.379. The van der Waals surface area contributed by atoms with Crippen LogP contribution < -0.4 is 5.18 Å². The van der Waals surface area contributed by atoms with Crippen molar-refractivity contribution in [1.82, 2.24) is 4.31 Å². The molecule has 1 spiro atoms. The summed E-state index contributed by atoms with van der Waals surface area (Å²) < 4.78 is 27.0. The number of benzene rings is 1. The highest BCUT2D eigenvalue weighted by Gasteiger charge is 2.44. The molecule has 1 atom stereocenters. The van der Waals surface area contributed by atoms with E-state index in [2.05, 4.69) is 0 Å². The van der Waals surface area contributed by atoms with Crippen LogP contribution in [0, 0.1) is 10.3 Å². The second kappa shape index (κ2) is 5.72. The standard InChI is InChI=1S/C15H20N2O4S/c18-13-9-15(7-1-2-8-15)11-17(10-13)22(20,21)14-5-3-12(16-19)4-6-14/h3-6,13,18H,1-2,7-11H2/p+1. The molecule has 1 aromatic rings. The van der Waals surface area contributed by atoms with Gasteiger partial charge in [-0.2, -0.15) is 4.31 Å². The molecule has 0 radical (unpaired) electrons. The SMILES string of the molecule is O=[NH+]c1ccc(S(=O)(=O)N2CC(O)CC3(CCCC3)C2)cc1. The zero-order valence-electron chi connectivity index (χ0n) is 12.4. The van der Waals surface area contributed by atoms with Crippen molar-refractivity contribution in [3.05, 3.63) is 29.2 Å². The molecule has 2 fully saturated rings. The van der Waals surface area contributed by atoms with E-state index in [1.54, 1.807) is 5.18 Å². The minimum absolute atomic E-state index is 0.0682. The van der Waals surface area contributed by atoms with Gasteiger partial charge in [-0.25, -0.2) is 8.42 Å². The lowest BCUT2D eigenvalue weighted by Gasteiger charge is -2.42. The maximum Gasteiger partial charge on any atom is 0.253 e. The normalized spacial score (nSPS) is 25.4. The monoisotopic (exact) mass is 325 g/mol. The molecule has 1 aliphatic carbocycles. The Labute approximate surface area is 130 Å². The minimum Gasteiger partial charge on any atom is -0.392 e. The van der Waals surface area contributed by atoms with Gasteiger partial charge in [0.05, 0.1) is 11.0 Å². The fraction of sp³-hybridized carbons (Fsp3) is 0.600. The Kier molecular flexibility index (Phi) is 4.05. The van der Waals surface area contributed by atoms with Crippen molar-refractivity contribution in [2.45, 2.75) is 43.1 Å². The number of aliphatic hydroxyl groups excluding tert-OH is 1. The van der Waals surface area contributed by atoms with Crippen LogP contribution in [0.5, 0.6) is 0 Å². The highest BCUT2D eigenvalue weighted by Crippen LogP contribution is 2.45. The third-order valence-electron chi connectivity index (χ3n) is 4.87. The highest BCUT2D eigenvalue weighted by molar-refractivity contribution is 7.89. The second-order valence-corrected chi connectivity index (χ2v) is 8.43. The van der Waals surface area contributed by atoms with Gasteiger partial charge >= 0.3 is 0 Å². The molecule has 7 heteroatoms. The maximum atomic E-state index is 12.8. The summed E-state index contributed by atoms with van der Waals surface area (Å²) in [6.45, 7) is 0.625. The van der Waals surface area contributed by atoms with E-state index in [0.717, 1.165) is 25.7 Å². The Morgan fingerprint density at radius 3 is 2.41 bits per heavy atom. The number of aliphatic hydroxyl groups is 1. The summed E-state index contributed by atoms with van der Waals surface area (Å²) in [5.74, 6) is 0. The van der Waals surface area contributed by atoms with E-state index in [-0.39, 0.29) is 16.9 Å². The van der Waals surface area contributed by atoms with Crippen LogP contribution in [-0.4, -0.2) is 37.0 Å². The van der Waals surface area contributed by atoms with Crippen molar-refractivity contribution >= 4 is 15.7 Å². The summed E-state index contributed by atoms with van der Waals surface area (Å²) in [6, 6.07) is 5.76. The van der Waals surface area contributed by atoms with E-state index in [9.17, 15) is 18.4 Å². The van der Waals surface area contributed by atoms with E-state index >= 15 is 0 Å². The molecule has 1 aliphatic heterocycles. The number of rotatable bonds is 3. The molecular weight excluding hydrogens is 304 g/mol. The van der Waals surface area contributed by atoms with Crippen molar-refractivity contribution in [2.24, 2.45) is 5.41 Å². The van der Waals surface area contributed by atoms with Gasteiger partial charge in [0.25, 0.3) is 5.69 Å². The molecule has 1 saturated carbocycles. The van der Waals surface area contributed by atoms with Crippen LogP contribution in [-0.2, 0) is 10.0 Å². The molecule has 6 nitrogen and oxygen atoms in total. The van der Waals surface area contributed by atoms with Crippen LogP contribution >= 0.6 is 0 Å². The predicted octanol–water partition coefficient (Wildman–Crippen LogP) is 0.481. The van der Waals surface area contributed by atoms with E-state index < -0.39 is 16.1 Å². The largest absolute Gasteiger partial charge is 0.392 e. The Bertz CT molecular complexity index is 651. The third kappa shape index (κ3) is 2.80. The quantitative estimate of drug-likeness (QED) is 0.846. The van der Waals surface area contributed by atoms with Gasteiger partial charge in [-0.3, -0.25) is 0 Å². The first-order chi connectivity index (χ1) is 10.5. The number of nitroso groups, excluding NO2 is 1. The smallest absolute Gasteiger partial charge is 0.253 e. The summed E-state index contributed by atoms with van der Waals surface area (Å²) in [5.41, 5.74) is 0.256. The average molecular weight is 325 g/mol. The number of nitrogens with zero attached hydrogens (tertiary/aromatic N) is 1. The maximum absolute atomic E-state index is 12.8. The molecule has 0 aromatic heterocycles. The van der Waals surface area contributed by atoms with Crippen LogP contribution in [0.1, 0.15) is 32.1 Å². The van der Waals surface area contributed by atoms with Crippen LogP contribution in [0.3, 0.4) is 0 Å². The van der Waals surface area contributed by atoms with Gasteiger partial charge in [-0.05, 0) is 36.8 Å². The first-order valence-corrected chi connectivity index (χ1v) is 9.06. The number of sulfonamides is 1. The molecule has 1 unspecified atom stereocenters. The van der Waals surface area contributed by atoms with Gasteiger partial charge in [-0.15, -0.1) is 0 Å². The highest BCUT2D eigenvalue weighted by atomic mass is 32.2. The lowest BCUT2D eigenvalue weighted by atomic mass is 9.78. The van der Waals surface area contributed by atoms with Gasteiger partial charge in [-0.1, -0.05) is 12.8 Å². The van der Waals surface area contributed by atoms with E-state index in [1.807, 2.05) is 0 Å². The summed E-state index contributed by atoms with van der Waals surface area (Å²) in [6.07, 6.45) is 4.25. The van der Waals surface area contributed by atoms with Crippen molar-refractivity contribution in [3.63, 3.8) is 0 Å². The van der Waals surface area contributed by atoms with Crippen molar-refractivity contribution in [1.29, 1.82) is 0 Å². The summed E-state index contributed by atoms with van der Waals surface area (Å²) in [5, 5.41) is 11.9. The number of piperidine rings is 1. The second-order valence-electron chi connectivity index (χ2n) is 6.49. The van der Waals surface area contributed by atoms with Gasteiger partial charge in [0, 0.05) is 35.3 Å². The zero-order chi connectivity index (χ0) is 15.8. The Balaban J connectivity index is 1.88. The van der Waals surface area contributed by atoms with Crippen LogP contribution in [0.2, 0.25) is 0 Å². The van der Waals surface area contributed by atoms with Crippen LogP contribution in [0.15, 0.2) is 29.2 Å². The molecule has 1 saturated heterocycles. The van der Waals surface area contributed by atoms with Crippen molar-refractivity contribution < 1.29 is 18.7 Å². The van der Waals surface area contributed by atoms with E-state index in [4.69, 9.17) is 0 Å². The number of hydrogen-bond acceptors (Lipinski definition) is 4. The first-order valence-electron chi connectivity index (χ1n) is 7.62. The third-order valence-corrected chi connectivity index (χ3v) is 6.69. The van der Waals surface area contributed by atoms with Crippen LogP contribution in [0.4, 0.5) is 5.69 Å². The molecule has 0 bridgehead atoms. The summed E-state index contributed by atoms with van der Waals surface area (Å²) >= 11 is 0. The molecule has 1 heterocycles. The molecular formula is C15H21N2O4S+.